The van der Waals surface area contributed by atoms with Gasteiger partial charge < -0.3 is 34.2 Å². The van der Waals surface area contributed by atoms with Crippen LogP contribution in [-0.2, 0) is 55.8 Å². The Kier molecular flexibility index (Phi) is 79.8. The van der Waals surface area contributed by atoms with Crippen LogP contribution in [0.1, 0.15) is 367 Å². The molecule has 0 aromatic rings. The van der Waals surface area contributed by atoms with Crippen LogP contribution in [0.4, 0.5) is 0 Å². The second kappa shape index (κ2) is 83.1. The third-order valence-electron chi connectivity index (χ3n) is 18.3. The number of phosphoric acid groups is 2. The third kappa shape index (κ3) is 84.4. The number of rotatable bonds is 82. The predicted molar refractivity (Wildman–Crippen MR) is 454 cm³/mol. The van der Waals surface area contributed by atoms with Crippen LogP contribution in [0, 0.1) is 0 Å². The van der Waals surface area contributed by atoms with E-state index in [1.54, 1.807) is 0 Å². The van der Waals surface area contributed by atoms with E-state index in [4.69, 9.17) is 32.3 Å². The number of carbonyl (C=O) groups is 3. The van der Waals surface area contributed by atoms with E-state index in [9.17, 15) is 43.5 Å². The minimum Gasteiger partial charge on any atom is -0.463 e. The van der Waals surface area contributed by atoms with Gasteiger partial charge in [-0.15, -0.1) is 0 Å². The summed E-state index contributed by atoms with van der Waals surface area (Å²) in [5.74, 6) is -1.58. The van der Waals surface area contributed by atoms with Crippen molar-refractivity contribution in [3.8, 4) is 0 Å². The summed E-state index contributed by atoms with van der Waals surface area (Å²) < 4.78 is 61.3. The number of unbranched alkanes of at least 4 members (excludes halogenated alkanes) is 37. The van der Waals surface area contributed by atoms with Crippen LogP contribution in [0.15, 0.2) is 134 Å². The van der Waals surface area contributed by atoms with Gasteiger partial charge in [0.25, 0.3) is 0 Å². The van der Waals surface area contributed by atoms with Crippen LogP contribution in [-0.4, -0.2) is 95.9 Å². The second-order valence-electron chi connectivity index (χ2n) is 29.0. The van der Waals surface area contributed by atoms with Crippen molar-refractivity contribution in [1.29, 1.82) is 0 Å². The maximum Gasteiger partial charge on any atom is 0.472 e. The van der Waals surface area contributed by atoms with Gasteiger partial charge in [-0.05, 0) is 141 Å². The van der Waals surface area contributed by atoms with Gasteiger partial charge in [-0.2, -0.15) is 0 Å². The predicted octanol–water partition coefficient (Wildman–Crippen LogP) is 26.2. The van der Waals surface area contributed by atoms with Crippen molar-refractivity contribution in [3.05, 3.63) is 134 Å². The van der Waals surface area contributed by atoms with Crippen LogP contribution in [0.3, 0.4) is 0 Å². The standard InChI is InChI=1S/C91H158O16P2/c1-4-7-10-13-16-19-22-25-28-31-33-35-37-39-40-41-42-43-44-46-48-49-51-54-56-59-62-65-68-71-74-77-89(94)101-80-86(92)81-103-108(97,98)104-82-87(93)83-105-109(99,100)106-85-88(107-91(96)79-76-73-70-67-64-61-58-53-30-27-24-21-18-15-12-9-6-3)84-102-90(95)78-75-72-69-66-63-60-57-55-52-50-47-45-38-36-34-32-29-26-23-20-17-14-11-8-5-2/h9,12,16-21,25-30,33-36,39-40,45,47,86-88,92-93H,4-8,10-11,13-15,22-24,31-32,37-38,41-44,46,48-85H2,1-3H3,(H,97,98)(H,99,100)/b12-9-,19-16-,20-17-,21-18-,28-25-,29-26-,30-27-,35-33-,36-34-,40-39-,47-45-. The van der Waals surface area contributed by atoms with Crippen molar-refractivity contribution in [1.82, 2.24) is 0 Å². The van der Waals surface area contributed by atoms with E-state index in [0.29, 0.717) is 19.3 Å². The SMILES string of the molecule is CC/C=C\C/C=C\C/C=C\CCCCCCCCCC(=O)OC(COC(=O)CCCCCCCCCCC/C=C\C/C=C\C/C=C\C/C=C\CCCCC)COP(=O)(O)OCC(O)COP(=O)(O)OCC(O)COC(=O)CCCCCCCCCCCCCCCCC/C=C\C/C=C\C/C=C\C/C=C\CCCCC. The van der Waals surface area contributed by atoms with Crippen molar-refractivity contribution >= 4 is 33.6 Å². The number of allylic oxidation sites excluding steroid dienone is 22. The second-order valence-corrected chi connectivity index (χ2v) is 31.9. The van der Waals surface area contributed by atoms with Crippen LogP contribution >= 0.6 is 15.6 Å². The molecule has 0 aromatic heterocycles. The summed E-state index contributed by atoms with van der Waals surface area (Å²) in [6.45, 7) is 2.54. The summed E-state index contributed by atoms with van der Waals surface area (Å²) in [6.07, 6.45) is 102. The van der Waals surface area contributed by atoms with Gasteiger partial charge >= 0.3 is 33.6 Å². The minimum absolute atomic E-state index is 0.0898. The Labute approximate surface area is 665 Å². The number of aliphatic hydroxyl groups excluding tert-OH is 2. The summed E-state index contributed by atoms with van der Waals surface area (Å²) in [5, 5.41) is 20.7. The zero-order valence-corrected chi connectivity index (χ0v) is 70.7. The fourth-order valence-electron chi connectivity index (χ4n) is 11.7. The van der Waals surface area contributed by atoms with Crippen molar-refractivity contribution < 1.29 is 75.8 Å². The number of hydrogen-bond donors (Lipinski definition) is 4. The molecule has 18 heteroatoms. The number of phosphoric ester groups is 2. The molecule has 0 aliphatic carbocycles. The third-order valence-corrected chi connectivity index (χ3v) is 20.2. The van der Waals surface area contributed by atoms with Gasteiger partial charge in [-0.1, -0.05) is 341 Å². The Morgan fingerprint density at radius 3 is 0.771 bits per heavy atom. The summed E-state index contributed by atoms with van der Waals surface area (Å²) in [7, 11) is -9.80. The Balaban J connectivity index is 4.53. The van der Waals surface area contributed by atoms with Gasteiger partial charge in [0.05, 0.1) is 26.4 Å². The molecule has 0 aliphatic rings. The quantitative estimate of drug-likeness (QED) is 0.0146. The smallest absolute Gasteiger partial charge is 0.463 e. The molecule has 0 saturated heterocycles. The van der Waals surface area contributed by atoms with E-state index in [0.717, 1.165) is 154 Å². The molecule has 5 atom stereocenters. The van der Waals surface area contributed by atoms with E-state index in [2.05, 4.69) is 154 Å². The topological polar surface area (TPSA) is 231 Å². The molecule has 0 spiro atoms. The minimum atomic E-state index is -4.94. The van der Waals surface area contributed by atoms with Crippen LogP contribution in [0.25, 0.3) is 0 Å². The highest BCUT2D eigenvalue weighted by Gasteiger charge is 2.29. The van der Waals surface area contributed by atoms with Gasteiger partial charge in [0, 0.05) is 19.3 Å². The zero-order valence-electron chi connectivity index (χ0n) is 68.9. The molecule has 628 valence electrons. The molecule has 0 aromatic carbocycles. The maximum atomic E-state index is 13.0. The first-order chi connectivity index (χ1) is 53.2. The Morgan fingerprint density at radius 1 is 0.266 bits per heavy atom. The first-order valence-corrected chi connectivity index (χ1v) is 46.5. The molecule has 4 N–H and O–H groups in total. The molecule has 5 unspecified atom stereocenters. The number of hydrogen-bond acceptors (Lipinski definition) is 14. The first-order valence-electron chi connectivity index (χ1n) is 43.5. The van der Waals surface area contributed by atoms with Crippen molar-refractivity contribution in [2.45, 2.75) is 386 Å². The highest BCUT2D eigenvalue weighted by atomic mass is 31.2. The number of ether oxygens (including phenoxy) is 3. The average Bonchev–Trinajstić information content (AvgIpc) is 0.906. The van der Waals surface area contributed by atoms with Gasteiger partial charge in [-0.3, -0.25) is 32.5 Å². The molecule has 0 bridgehead atoms. The van der Waals surface area contributed by atoms with E-state index in [-0.39, 0.29) is 19.3 Å². The monoisotopic (exact) mass is 1570 g/mol. The summed E-state index contributed by atoms with van der Waals surface area (Å²) in [6, 6.07) is 0. The Morgan fingerprint density at radius 2 is 0.486 bits per heavy atom. The molecule has 0 rings (SSSR count). The zero-order chi connectivity index (χ0) is 79.4. The highest BCUT2D eigenvalue weighted by Crippen LogP contribution is 2.45. The molecule has 0 amide bonds. The lowest BCUT2D eigenvalue weighted by Crippen LogP contribution is -2.30. The van der Waals surface area contributed by atoms with Crippen LogP contribution < -0.4 is 0 Å². The Hall–Kier alpha value is -4.31. The molecule has 0 fully saturated rings. The summed E-state index contributed by atoms with van der Waals surface area (Å²) in [5.41, 5.74) is 0. The molecule has 0 saturated carbocycles. The van der Waals surface area contributed by atoms with Crippen molar-refractivity contribution in [2.24, 2.45) is 0 Å². The first kappa shape index (κ1) is 105. The van der Waals surface area contributed by atoms with Crippen molar-refractivity contribution in [2.75, 3.05) is 39.6 Å². The fourth-order valence-corrected chi connectivity index (χ4v) is 13.3. The lowest BCUT2D eigenvalue weighted by molar-refractivity contribution is -0.161. The molecular weight excluding hydrogens is 1410 g/mol. The van der Waals surface area contributed by atoms with Crippen molar-refractivity contribution in [3.63, 3.8) is 0 Å². The molecule has 0 aliphatic heterocycles. The Bertz CT molecular complexity index is 2510. The molecule has 0 radical (unpaired) electrons. The van der Waals surface area contributed by atoms with Gasteiger partial charge in [0.15, 0.2) is 6.10 Å². The lowest BCUT2D eigenvalue weighted by atomic mass is 10.0. The van der Waals surface area contributed by atoms with E-state index < -0.39 is 91.5 Å². The molecule has 0 heterocycles. The normalized spacial score (nSPS) is 14.5. The van der Waals surface area contributed by atoms with Gasteiger partial charge in [0.1, 0.15) is 25.4 Å². The summed E-state index contributed by atoms with van der Waals surface area (Å²) in [4.78, 5) is 58.8. The molecule has 109 heavy (non-hydrogen) atoms. The maximum absolute atomic E-state index is 13.0. The van der Waals surface area contributed by atoms with E-state index >= 15 is 0 Å². The van der Waals surface area contributed by atoms with Crippen LogP contribution in [0.5, 0.6) is 0 Å². The highest BCUT2D eigenvalue weighted by molar-refractivity contribution is 7.47. The molecule has 16 nitrogen and oxygen atoms in total. The summed E-state index contributed by atoms with van der Waals surface area (Å²) >= 11 is 0. The van der Waals surface area contributed by atoms with Crippen LogP contribution in [0.2, 0.25) is 0 Å². The van der Waals surface area contributed by atoms with Gasteiger partial charge in [0.2, 0.25) is 0 Å². The lowest BCUT2D eigenvalue weighted by Gasteiger charge is -2.21. The van der Waals surface area contributed by atoms with E-state index in [1.807, 2.05) is 0 Å². The van der Waals surface area contributed by atoms with Gasteiger partial charge in [-0.25, -0.2) is 9.13 Å². The molecular formula is C91H158O16P2. The number of aliphatic hydroxyl groups is 2. The fraction of sp³-hybridized carbons (Fsp3) is 0.725. The number of carbonyl (C=O) groups excluding carboxylic acids is 3. The average molecular weight is 1570 g/mol. The largest absolute Gasteiger partial charge is 0.472 e. The van der Waals surface area contributed by atoms with E-state index in [1.165, 1.54) is 154 Å². The number of esters is 3.